The Hall–Kier alpha value is 0.0569. The number of hydrogen-bond acceptors (Lipinski definition) is 4. The first-order valence-corrected chi connectivity index (χ1v) is 7.29. The van der Waals surface area contributed by atoms with E-state index in [0.717, 1.165) is 18.9 Å². The van der Waals surface area contributed by atoms with E-state index >= 15 is 0 Å². The Morgan fingerprint density at radius 2 is 2.08 bits per heavy atom. The van der Waals surface area contributed by atoms with Gasteiger partial charge in [0.2, 0.25) is 0 Å². The number of nitrogens with two attached hydrogens (primary N) is 2. The number of hydrogen-bond donors (Lipinski definition) is 2. The minimum atomic E-state index is -1.98. The van der Waals surface area contributed by atoms with Gasteiger partial charge in [0.1, 0.15) is 0 Å². The first kappa shape index (κ1) is 13.1. The van der Waals surface area contributed by atoms with E-state index in [-0.39, 0.29) is 6.23 Å². The van der Waals surface area contributed by atoms with Crippen LogP contribution in [-0.4, -0.2) is 28.4 Å². The maximum Gasteiger partial charge on any atom is 0.335 e. The molecular weight excluding hydrogens is 184 g/mol. The second kappa shape index (κ2) is 6.50. The molecule has 0 amide bonds. The van der Waals surface area contributed by atoms with Gasteiger partial charge in [-0.25, -0.2) is 0 Å². The molecule has 2 unspecified atom stereocenters. The van der Waals surface area contributed by atoms with E-state index in [0.29, 0.717) is 6.54 Å². The summed E-state index contributed by atoms with van der Waals surface area (Å²) in [4.78, 5) is 0. The summed E-state index contributed by atoms with van der Waals surface area (Å²) < 4.78 is 11.0. The Bertz CT molecular complexity index is 131. The fourth-order valence-corrected chi connectivity index (χ4v) is 2.28. The third kappa shape index (κ3) is 5.38. The lowest BCUT2D eigenvalue weighted by Crippen LogP contribution is -2.43. The molecule has 0 aromatic heterocycles. The van der Waals surface area contributed by atoms with Crippen molar-refractivity contribution in [2.75, 3.05) is 13.7 Å². The van der Waals surface area contributed by atoms with Crippen LogP contribution in [0.2, 0.25) is 12.6 Å². The molecule has 0 heterocycles. The minimum Gasteiger partial charge on any atom is -0.398 e. The van der Waals surface area contributed by atoms with Crippen LogP contribution in [0, 0.1) is 0 Å². The van der Waals surface area contributed by atoms with Crippen molar-refractivity contribution in [3.05, 3.63) is 0 Å². The third-order valence-electron chi connectivity index (χ3n) is 2.17. The molecule has 0 saturated carbocycles. The monoisotopic (exact) mass is 206 g/mol. The van der Waals surface area contributed by atoms with Gasteiger partial charge in [0, 0.05) is 7.11 Å². The van der Waals surface area contributed by atoms with Crippen LogP contribution in [0.4, 0.5) is 0 Å². The molecule has 0 spiro atoms. The zero-order valence-corrected chi connectivity index (χ0v) is 9.88. The first-order chi connectivity index (χ1) is 6.08. The minimum absolute atomic E-state index is 0.222. The van der Waals surface area contributed by atoms with Gasteiger partial charge in [0.25, 0.3) is 0 Å². The van der Waals surface area contributed by atoms with Crippen molar-refractivity contribution in [3.63, 3.8) is 0 Å². The standard InChI is InChI=1S/C8H22N2O2Si/c1-4-13(3,11-2)12-8(10)6-5-7-9/h8H,4-7,9-10H2,1-3H3. The van der Waals surface area contributed by atoms with E-state index in [4.69, 9.17) is 20.3 Å². The molecule has 0 aromatic carbocycles. The van der Waals surface area contributed by atoms with Crippen LogP contribution in [0.1, 0.15) is 19.8 Å². The van der Waals surface area contributed by atoms with Crippen molar-refractivity contribution in [2.45, 2.75) is 38.6 Å². The second-order valence-electron chi connectivity index (χ2n) is 3.28. The van der Waals surface area contributed by atoms with E-state index in [1.807, 2.05) is 6.55 Å². The van der Waals surface area contributed by atoms with Gasteiger partial charge in [-0.2, -0.15) is 0 Å². The van der Waals surface area contributed by atoms with Crippen molar-refractivity contribution in [3.8, 4) is 0 Å². The quantitative estimate of drug-likeness (QED) is 0.477. The molecule has 0 aliphatic rings. The SMILES string of the molecule is CC[Si](C)(OC)OC(N)CCCN. The van der Waals surface area contributed by atoms with E-state index in [2.05, 4.69) is 6.92 Å². The van der Waals surface area contributed by atoms with Crippen LogP contribution in [0.3, 0.4) is 0 Å². The average Bonchev–Trinajstić information content (AvgIpc) is 2.14. The predicted molar refractivity (Wildman–Crippen MR) is 56.5 cm³/mol. The summed E-state index contributed by atoms with van der Waals surface area (Å²) >= 11 is 0. The lowest BCUT2D eigenvalue weighted by Gasteiger charge is -2.27. The molecule has 0 saturated heterocycles. The van der Waals surface area contributed by atoms with Gasteiger partial charge >= 0.3 is 8.56 Å². The first-order valence-electron chi connectivity index (χ1n) is 4.76. The van der Waals surface area contributed by atoms with Gasteiger partial charge in [0.15, 0.2) is 0 Å². The molecule has 5 heteroatoms. The zero-order valence-electron chi connectivity index (χ0n) is 8.88. The Morgan fingerprint density at radius 1 is 1.46 bits per heavy atom. The summed E-state index contributed by atoms with van der Waals surface area (Å²) in [6.07, 6.45) is 1.49. The molecule has 4 N–H and O–H groups in total. The molecule has 0 fully saturated rings. The number of rotatable bonds is 7. The predicted octanol–water partition coefficient (Wildman–Crippen LogP) is 0.765. The maximum absolute atomic E-state index is 5.77. The smallest absolute Gasteiger partial charge is 0.335 e. The van der Waals surface area contributed by atoms with E-state index in [1.54, 1.807) is 7.11 Å². The van der Waals surface area contributed by atoms with Crippen LogP contribution < -0.4 is 11.5 Å². The van der Waals surface area contributed by atoms with E-state index < -0.39 is 8.56 Å². The molecule has 4 nitrogen and oxygen atoms in total. The van der Waals surface area contributed by atoms with Gasteiger partial charge < -0.3 is 20.3 Å². The highest BCUT2D eigenvalue weighted by Gasteiger charge is 2.29. The lowest BCUT2D eigenvalue weighted by atomic mass is 10.3. The lowest BCUT2D eigenvalue weighted by molar-refractivity contribution is 0.129. The zero-order chi connectivity index (χ0) is 10.3. The average molecular weight is 206 g/mol. The Morgan fingerprint density at radius 3 is 2.46 bits per heavy atom. The highest BCUT2D eigenvalue weighted by molar-refractivity contribution is 6.65. The largest absolute Gasteiger partial charge is 0.398 e. The van der Waals surface area contributed by atoms with Gasteiger partial charge in [-0.3, -0.25) is 0 Å². The van der Waals surface area contributed by atoms with Crippen molar-refractivity contribution in [1.82, 2.24) is 0 Å². The molecule has 80 valence electrons. The van der Waals surface area contributed by atoms with Crippen LogP contribution in [0.5, 0.6) is 0 Å². The summed E-state index contributed by atoms with van der Waals surface area (Å²) in [5.41, 5.74) is 11.1. The highest BCUT2D eigenvalue weighted by atomic mass is 28.4. The molecule has 0 bridgehead atoms. The van der Waals surface area contributed by atoms with Crippen molar-refractivity contribution in [1.29, 1.82) is 0 Å². The van der Waals surface area contributed by atoms with Crippen LogP contribution >= 0.6 is 0 Å². The molecule has 13 heavy (non-hydrogen) atoms. The van der Waals surface area contributed by atoms with E-state index in [9.17, 15) is 0 Å². The van der Waals surface area contributed by atoms with Gasteiger partial charge in [-0.15, -0.1) is 0 Å². The Labute approximate surface area is 81.8 Å². The van der Waals surface area contributed by atoms with Crippen molar-refractivity contribution >= 4 is 8.56 Å². The van der Waals surface area contributed by atoms with E-state index in [1.165, 1.54) is 0 Å². The Kier molecular flexibility index (Phi) is 6.53. The fourth-order valence-electron chi connectivity index (χ4n) is 0.974. The van der Waals surface area contributed by atoms with Crippen LogP contribution in [-0.2, 0) is 8.85 Å². The third-order valence-corrected chi connectivity index (χ3v) is 5.12. The molecule has 2 atom stereocenters. The van der Waals surface area contributed by atoms with Gasteiger partial charge in [-0.1, -0.05) is 6.92 Å². The summed E-state index contributed by atoms with van der Waals surface area (Å²) in [7, 11) is -0.290. The fraction of sp³-hybridized carbons (Fsp3) is 1.00. The normalized spacial score (nSPS) is 18.2. The second-order valence-corrected chi connectivity index (χ2v) is 6.90. The molecule has 0 aliphatic heterocycles. The maximum atomic E-state index is 5.77. The van der Waals surface area contributed by atoms with Crippen LogP contribution in [0.25, 0.3) is 0 Å². The summed E-state index contributed by atoms with van der Waals surface area (Å²) in [6, 6.07) is 0.916. The molecule has 0 aromatic rings. The topological polar surface area (TPSA) is 70.5 Å². The molecule has 0 aliphatic carbocycles. The molecular formula is C8H22N2O2Si. The summed E-state index contributed by atoms with van der Waals surface area (Å²) in [5.74, 6) is 0. The Balaban J connectivity index is 3.79. The van der Waals surface area contributed by atoms with Crippen molar-refractivity contribution in [2.24, 2.45) is 11.5 Å². The summed E-state index contributed by atoms with van der Waals surface area (Å²) in [5, 5.41) is 0. The van der Waals surface area contributed by atoms with Crippen molar-refractivity contribution < 1.29 is 8.85 Å². The highest BCUT2D eigenvalue weighted by Crippen LogP contribution is 2.14. The van der Waals surface area contributed by atoms with Gasteiger partial charge in [0.05, 0.1) is 6.23 Å². The molecule has 0 rings (SSSR count). The molecule has 0 radical (unpaired) electrons. The van der Waals surface area contributed by atoms with Crippen LogP contribution in [0.15, 0.2) is 0 Å². The van der Waals surface area contributed by atoms with Gasteiger partial charge in [-0.05, 0) is 32.0 Å². The summed E-state index contributed by atoms with van der Waals surface area (Å²) in [6.45, 7) is 4.75.